The van der Waals surface area contributed by atoms with E-state index in [1.807, 2.05) is 0 Å². The van der Waals surface area contributed by atoms with Gasteiger partial charge in [0.05, 0.1) is 0 Å². The van der Waals surface area contributed by atoms with Gasteiger partial charge in [0.2, 0.25) is 0 Å². The first kappa shape index (κ1) is 14.9. The predicted molar refractivity (Wildman–Crippen MR) is 86.3 cm³/mol. The van der Waals surface area contributed by atoms with Gasteiger partial charge in [0.25, 0.3) is 0 Å². The van der Waals surface area contributed by atoms with Crippen molar-refractivity contribution in [3.8, 4) is 0 Å². The number of hydrogen-bond donors (Lipinski definition) is 0. The fraction of sp³-hybridized carbons (Fsp3) is 0.900. The molecule has 0 aromatic rings. The second kappa shape index (κ2) is 4.68. The Morgan fingerprint density at radius 3 is 2.50 bits per heavy atom. The van der Waals surface area contributed by atoms with E-state index in [2.05, 4.69) is 20.8 Å². The third-order valence-electron chi connectivity index (χ3n) is 8.79. The van der Waals surface area contributed by atoms with Gasteiger partial charge in [0.1, 0.15) is 11.6 Å². The van der Waals surface area contributed by atoms with Gasteiger partial charge >= 0.3 is 0 Å². The molecule has 22 heavy (non-hydrogen) atoms. The van der Waals surface area contributed by atoms with Gasteiger partial charge in [-0.1, -0.05) is 20.8 Å². The zero-order valence-electron chi connectivity index (χ0n) is 14.4. The standard InChI is InChI=1S/C20H30O2/c1-12-4-7-16-15-6-5-13-10-14(21)8-9-19(13,2)17(15)11-18(22)20(12,16)3/h12-13,15-17H,4-11H2,1-3H3/t12-,13+,15?,16-,17?,19-,20+/m0/s1. The maximum absolute atomic E-state index is 13.1. The SMILES string of the molecule is C[C@H]1CC[C@H]2C3CC[C@@H]4CC(=O)CC[C@]4(C)C3CC(=O)[C@]12C. The molecule has 2 nitrogen and oxygen atoms in total. The van der Waals surface area contributed by atoms with E-state index >= 15 is 0 Å². The highest BCUT2D eigenvalue weighted by Crippen LogP contribution is 2.65. The molecule has 2 heteroatoms. The van der Waals surface area contributed by atoms with Crippen molar-refractivity contribution in [2.24, 2.45) is 40.4 Å². The third kappa shape index (κ3) is 1.73. The summed E-state index contributed by atoms with van der Waals surface area (Å²) < 4.78 is 0. The van der Waals surface area contributed by atoms with Crippen LogP contribution in [0.15, 0.2) is 0 Å². The molecule has 0 bridgehead atoms. The molecule has 0 aromatic carbocycles. The molecule has 4 aliphatic carbocycles. The number of ketones is 2. The summed E-state index contributed by atoms with van der Waals surface area (Å²) in [4.78, 5) is 25.0. The van der Waals surface area contributed by atoms with E-state index in [4.69, 9.17) is 0 Å². The van der Waals surface area contributed by atoms with Crippen molar-refractivity contribution in [1.29, 1.82) is 0 Å². The van der Waals surface area contributed by atoms with Gasteiger partial charge in [0, 0.05) is 24.7 Å². The fourth-order valence-electron chi connectivity index (χ4n) is 7.05. The van der Waals surface area contributed by atoms with Gasteiger partial charge in [0.15, 0.2) is 0 Å². The quantitative estimate of drug-likeness (QED) is 0.664. The van der Waals surface area contributed by atoms with Gasteiger partial charge in [-0.25, -0.2) is 0 Å². The number of hydrogen-bond acceptors (Lipinski definition) is 2. The smallest absolute Gasteiger partial charge is 0.139 e. The van der Waals surface area contributed by atoms with Crippen molar-refractivity contribution >= 4 is 11.6 Å². The molecule has 0 N–H and O–H groups in total. The van der Waals surface area contributed by atoms with Crippen LogP contribution in [0.3, 0.4) is 0 Å². The molecular formula is C20H30O2. The van der Waals surface area contributed by atoms with Crippen LogP contribution >= 0.6 is 0 Å². The fourth-order valence-corrected chi connectivity index (χ4v) is 7.05. The maximum Gasteiger partial charge on any atom is 0.139 e. The minimum Gasteiger partial charge on any atom is -0.300 e. The van der Waals surface area contributed by atoms with Gasteiger partial charge in [-0.2, -0.15) is 0 Å². The van der Waals surface area contributed by atoms with Crippen LogP contribution in [0.5, 0.6) is 0 Å². The number of carbonyl (C=O) groups excluding carboxylic acids is 2. The summed E-state index contributed by atoms with van der Waals surface area (Å²) in [6.07, 6.45) is 8.33. The summed E-state index contributed by atoms with van der Waals surface area (Å²) in [6, 6.07) is 0. The summed E-state index contributed by atoms with van der Waals surface area (Å²) >= 11 is 0. The number of carbonyl (C=O) groups is 2. The molecule has 0 aliphatic heterocycles. The molecule has 0 amide bonds. The first-order valence-electron chi connectivity index (χ1n) is 9.42. The van der Waals surface area contributed by atoms with Crippen LogP contribution in [0.25, 0.3) is 0 Å². The highest BCUT2D eigenvalue weighted by atomic mass is 16.1. The lowest BCUT2D eigenvalue weighted by Gasteiger charge is -2.59. The molecule has 7 atom stereocenters. The van der Waals surface area contributed by atoms with Crippen LogP contribution in [-0.4, -0.2) is 11.6 Å². The average molecular weight is 302 g/mol. The van der Waals surface area contributed by atoms with E-state index in [0.717, 1.165) is 31.6 Å². The molecule has 122 valence electrons. The first-order valence-corrected chi connectivity index (χ1v) is 9.42. The second-order valence-corrected chi connectivity index (χ2v) is 9.29. The molecule has 0 spiro atoms. The second-order valence-electron chi connectivity index (χ2n) is 9.29. The van der Waals surface area contributed by atoms with Gasteiger partial charge in [-0.15, -0.1) is 0 Å². The molecule has 0 saturated heterocycles. The van der Waals surface area contributed by atoms with E-state index in [1.54, 1.807) is 0 Å². The van der Waals surface area contributed by atoms with Crippen LogP contribution in [-0.2, 0) is 9.59 Å². The van der Waals surface area contributed by atoms with Crippen LogP contribution in [0.4, 0.5) is 0 Å². The molecule has 4 saturated carbocycles. The Hall–Kier alpha value is -0.660. The Morgan fingerprint density at radius 1 is 0.955 bits per heavy atom. The lowest BCUT2D eigenvalue weighted by atomic mass is 9.44. The van der Waals surface area contributed by atoms with Crippen LogP contribution in [0, 0.1) is 40.4 Å². The Labute approximate surface area is 134 Å². The van der Waals surface area contributed by atoms with E-state index in [0.29, 0.717) is 35.2 Å². The van der Waals surface area contributed by atoms with Crippen molar-refractivity contribution in [1.82, 2.24) is 0 Å². The summed E-state index contributed by atoms with van der Waals surface area (Å²) in [5.41, 5.74) is 0.203. The Kier molecular flexibility index (Phi) is 3.17. The normalized spacial score (nSPS) is 54.6. The van der Waals surface area contributed by atoms with Crippen LogP contribution in [0.1, 0.15) is 72.1 Å². The highest BCUT2D eigenvalue weighted by Gasteiger charge is 2.62. The Balaban J connectivity index is 1.69. The topological polar surface area (TPSA) is 34.1 Å². The lowest BCUT2D eigenvalue weighted by molar-refractivity contribution is -0.157. The monoisotopic (exact) mass is 302 g/mol. The minimum absolute atomic E-state index is 0.0468. The summed E-state index contributed by atoms with van der Waals surface area (Å²) in [5.74, 6) is 4.02. The van der Waals surface area contributed by atoms with Crippen molar-refractivity contribution < 1.29 is 9.59 Å². The van der Waals surface area contributed by atoms with Gasteiger partial charge in [-0.05, 0) is 67.1 Å². The summed E-state index contributed by atoms with van der Waals surface area (Å²) in [7, 11) is 0. The lowest BCUT2D eigenvalue weighted by Crippen LogP contribution is -2.56. The molecular weight excluding hydrogens is 272 g/mol. The molecule has 2 unspecified atom stereocenters. The number of fused-ring (bicyclic) bond motifs is 5. The summed E-state index contributed by atoms with van der Waals surface area (Å²) in [6.45, 7) is 6.98. The van der Waals surface area contributed by atoms with E-state index < -0.39 is 0 Å². The van der Waals surface area contributed by atoms with E-state index in [1.165, 1.54) is 25.7 Å². The zero-order valence-corrected chi connectivity index (χ0v) is 14.4. The molecule has 4 rings (SSSR count). The predicted octanol–water partition coefficient (Wildman–Crippen LogP) is 4.41. The minimum atomic E-state index is -0.0468. The van der Waals surface area contributed by atoms with Crippen LogP contribution in [0.2, 0.25) is 0 Å². The van der Waals surface area contributed by atoms with Crippen molar-refractivity contribution in [2.75, 3.05) is 0 Å². The molecule has 0 heterocycles. The molecule has 4 fully saturated rings. The van der Waals surface area contributed by atoms with Gasteiger partial charge < -0.3 is 0 Å². The Morgan fingerprint density at radius 2 is 1.73 bits per heavy atom. The molecule has 4 aliphatic rings. The van der Waals surface area contributed by atoms with E-state index in [-0.39, 0.29) is 10.8 Å². The first-order chi connectivity index (χ1) is 10.4. The zero-order chi connectivity index (χ0) is 15.7. The largest absolute Gasteiger partial charge is 0.300 e. The highest BCUT2D eigenvalue weighted by molar-refractivity contribution is 5.87. The maximum atomic E-state index is 13.1. The Bertz CT molecular complexity index is 524. The molecule has 0 aromatic heterocycles. The van der Waals surface area contributed by atoms with Crippen molar-refractivity contribution in [3.63, 3.8) is 0 Å². The number of rotatable bonds is 0. The third-order valence-corrected chi connectivity index (χ3v) is 8.79. The number of Topliss-reactive ketones (excluding diaryl/α,β-unsaturated/α-hetero) is 2. The van der Waals surface area contributed by atoms with Crippen LogP contribution < -0.4 is 0 Å². The van der Waals surface area contributed by atoms with E-state index in [9.17, 15) is 9.59 Å². The van der Waals surface area contributed by atoms with Gasteiger partial charge in [-0.3, -0.25) is 9.59 Å². The molecule has 0 radical (unpaired) electrons. The van der Waals surface area contributed by atoms with Crippen molar-refractivity contribution in [2.45, 2.75) is 72.1 Å². The summed E-state index contributed by atoms with van der Waals surface area (Å²) in [5, 5.41) is 0. The van der Waals surface area contributed by atoms with Crippen molar-refractivity contribution in [3.05, 3.63) is 0 Å². The average Bonchev–Trinajstić information content (AvgIpc) is 2.79.